The molecule has 1 rings (SSSR count). The van der Waals surface area contributed by atoms with Gasteiger partial charge in [-0.05, 0) is 19.4 Å². The Morgan fingerprint density at radius 3 is 2.76 bits per heavy atom. The number of nitrogens with one attached hydrogen (secondary N) is 1. The summed E-state index contributed by atoms with van der Waals surface area (Å²) in [4.78, 5) is 35.4. The molecular formula is C15H17NO5. The van der Waals surface area contributed by atoms with E-state index in [1.165, 1.54) is 19.1 Å². The summed E-state index contributed by atoms with van der Waals surface area (Å²) in [6, 6.07) is -1.24. The molecule has 0 saturated carbocycles. The summed E-state index contributed by atoms with van der Waals surface area (Å²) in [7, 11) is 1.14. The summed E-state index contributed by atoms with van der Waals surface area (Å²) in [6.07, 6.45) is 8.68. The normalized spacial score (nSPS) is 20.6. The number of rotatable bonds is 4. The molecule has 0 aromatic rings. The largest absolute Gasteiger partial charge is 0.467 e. The summed E-state index contributed by atoms with van der Waals surface area (Å²) in [5.74, 6) is 0.178. The lowest BCUT2D eigenvalue weighted by Crippen LogP contribution is -2.49. The van der Waals surface area contributed by atoms with Crippen LogP contribution in [-0.2, 0) is 19.1 Å². The minimum atomic E-state index is -1.24. The van der Waals surface area contributed by atoms with E-state index in [1.54, 1.807) is 6.08 Å². The third-order valence-corrected chi connectivity index (χ3v) is 3.00. The zero-order valence-corrected chi connectivity index (χ0v) is 11.8. The molecule has 21 heavy (non-hydrogen) atoms. The van der Waals surface area contributed by atoms with E-state index in [0.29, 0.717) is 6.42 Å². The highest BCUT2D eigenvalue weighted by atomic mass is 16.5. The Balaban J connectivity index is 2.90. The van der Waals surface area contributed by atoms with Crippen molar-refractivity contribution in [3.63, 3.8) is 0 Å². The fourth-order valence-electron chi connectivity index (χ4n) is 1.77. The molecular weight excluding hydrogens is 274 g/mol. The first-order valence-electron chi connectivity index (χ1n) is 6.36. The van der Waals surface area contributed by atoms with Gasteiger partial charge < -0.3 is 15.2 Å². The molecule has 0 radical (unpaired) electrons. The van der Waals surface area contributed by atoms with E-state index in [-0.39, 0.29) is 11.5 Å². The number of carbonyl (C=O) groups excluding carboxylic acids is 3. The maximum Gasteiger partial charge on any atom is 0.331 e. The number of allylic oxidation sites excluding steroid dienone is 3. The molecule has 3 unspecified atom stereocenters. The molecule has 0 bridgehead atoms. The smallest absolute Gasteiger partial charge is 0.331 e. The van der Waals surface area contributed by atoms with Gasteiger partial charge in [-0.25, -0.2) is 4.79 Å². The first kappa shape index (κ1) is 16.7. The van der Waals surface area contributed by atoms with Crippen LogP contribution in [0.2, 0.25) is 0 Å². The maximum absolute atomic E-state index is 12.1. The summed E-state index contributed by atoms with van der Waals surface area (Å²) < 4.78 is 4.49. The SMILES string of the molecule is C#CC1C=CC(=O)C(C(=O)NC(C(=O)OC)C(C)O)=CC1. The molecule has 0 fully saturated rings. The predicted octanol–water partition coefficient (Wildman–Crippen LogP) is -0.270. The van der Waals surface area contributed by atoms with E-state index in [2.05, 4.69) is 16.0 Å². The number of hydrogen-bond donors (Lipinski definition) is 2. The van der Waals surface area contributed by atoms with Crippen LogP contribution in [0.3, 0.4) is 0 Å². The highest BCUT2D eigenvalue weighted by Gasteiger charge is 2.29. The van der Waals surface area contributed by atoms with Gasteiger partial charge in [-0.1, -0.05) is 18.1 Å². The van der Waals surface area contributed by atoms with Gasteiger partial charge in [0.1, 0.15) is 0 Å². The van der Waals surface area contributed by atoms with Crippen LogP contribution in [0.15, 0.2) is 23.8 Å². The van der Waals surface area contributed by atoms with Crippen molar-refractivity contribution in [3.05, 3.63) is 23.8 Å². The molecule has 6 nitrogen and oxygen atoms in total. The second-order valence-electron chi connectivity index (χ2n) is 4.56. The zero-order valence-electron chi connectivity index (χ0n) is 11.8. The summed E-state index contributed by atoms with van der Waals surface area (Å²) in [5.41, 5.74) is -0.112. The summed E-state index contributed by atoms with van der Waals surface area (Å²) in [6.45, 7) is 1.33. The van der Waals surface area contributed by atoms with E-state index in [9.17, 15) is 19.5 Å². The van der Waals surface area contributed by atoms with Crippen LogP contribution in [0.5, 0.6) is 0 Å². The predicted molar refractivity (Wildman–Crippen MR) is 74.8 cm³/mol. The van der Waals surface area contributed by atoms with Crippen molar-refractivity contribution in [1.82, 2.24) is 5.32 Å². The second-order valence-corrected chi connectivity index (χ2v) is 4.56. The number of amides is 1. The Kier molecular flexibility index (Phi) is 5.88. The van der Waals surface area contributed by atoms with Crippen LogP contribution < -0.4 is 5.32 Å². The number of esters is 1. The molecule has 1 aliphatic carbocycles. The van der Waals surface area contributed by atoms with Gasteiger partial charge in [-0.3, -0.25) is 9.59 Å². The number of methoxy groups -OCH3 is 1. The second kappa shape index (κ2) is 7.41. The van der Waals surface area contributed by atoms with Gasteiger partial charge in [0.05, 0.1) is 18.8 Å². The highest BCUT2D eigenvalue weighted by Crippen LogP contribution is 2.14. The monoisotopic (exact) mass is 291 g/mol. The lowest BCUT2D eigenvalue weighted by molar-refractivity contribution is -0.147. The molecule has 1 aliphatic rings. The number of aliphatic hydroxyl groups is 1. The summed E-state index contributed by atoms with van der Waals surface area (Å²) in [5, 5.41) is 11.8. The molecule has 0 aliphatic heterocycles. The van der Waals surface area contributed by atoms with Crippen LogP contribution in [0.1, 0.15) is 13.3 Å². The van der Waals surface area contributed by atoms with Crippen LogP contribution in [0, 0.1) is 18.3 Å². The van der Waals surface area contributed by atoms with E-state index < -0.39 is 29.8 Å². The minimum Gasteiger partial charge on any atom is -0.467 e. The molecule has 0 heterocycles. The van der Waals surface area contributed by atoms with Crippen molar-refractivity contribution in [2.75, 3.05) is 7.11 Å². The third-order valence-electron chi connectivity index (χ3n) is 3.00. The zero-order chi connectivity index (χ0) is 16.0. The number of ketones is 1. The fourth-order valence-corrected chi connectivity index (χ4v) is 1.77. The standard InChI is InChI=1S/C15H17NO5/c1-4-10-5-7-11(12(18)8-6-10)14(19)16-13(9(2)17)15(20)21-3/h1,6-10,13,17H,5H2,2-3H3,(H,16,19). The van der Waals surface area contributed by atoms with Crippen molar-refractivity contribution >= 4 is 17.7 Å². The molecule has 6 heteroatoms. The Bertz CT molecular complexity index is 539. The van der Waals surface area contributed by atoms with Crippen molar-refractivity contribution < 1.29 is 24.2 Å². The third kappa shape index (κ3) is 4.29. The van der Waals surface area contributed by atoms with E-state index >= 15 is 0 Å². The van der Waals surface area contributed by atoms with Gasteiger partial charge in [0, 0.05) is 5.92 Å². The molecule has 0 aromatic carbocycles. The molecule has 112 valence electrons. The molecule has 0 spiro atoms. The Hall–Kier alpha value is -2.39. The maximum atomic E-state index is 12.1. The van der Waals surface area contributed by atoms with Gasteiger partial charge in [-0.15, -0.1) is 6.42 Å². The number of aliphatic hydroxyl groups excluding tert-OH is 1. The number of carbonyl (C=O) groups is 3. The fraction of sp³-hybridized carbons (Fsp3) is 0.400. The van der Waals surface area contributed by atoms with Crippen molar-refractivity contribution in [1.29, 1.82) is 0 Å². The average molecular weight is 291 g/mol. The van der Waals surface area contributed by atoms with Crippen molar-refractivity contribution in [2.24, 2.45) is 5.92 Å². The highest BCUT2D eigenvalue weighted by molar-refractivity contribution is 6.23. The number of terminal acetylenes is 1. The van der Waals surface area contributed by atoms with Crippen LogP contribution >= 0.6 is 0 Å². The van der Waals surface area contributed by atoms with Crippen LogP contribution in [0.4, 0.5) is 0 Å². The average Bonchev–Trinajstić information content (AvgIpc) is 2.65. The topological polar surface area (TPSA) is 92.7 Å². The first-order chi connectivity index (χ1) is 9.90. The van der Waals surface area contributed by atoms with E-state index in [0.717, 1.165) is 7.11 Å². The summed E-state index contributed by atoms with van der Waals surface area (Å²) >= 11 is 0. The molecule has 1 amide bonds. The first-order valence-corrected chi connectivity index (χ1v) is 6.36. The lowest BCUT2D eigenvalue weighted by Gasteiger charge is -2.19. The number of ether oxygens (including phenoxy) is 1. The van der Waals surface area contributed by atoms with Crippen molar-refractivity contribution in [2.45, 2.75) is 25.5 Å². The van der Waals surface area contributed by atoms with E-state index in [1.807, 2.05) is 0 Å². The minimum absolute atomic E-state index is 0.112. The van der Waals surface area contributed by atoms with Crippen LogP contribution in [-0.4, -0.2) is 42.0 Å². The van der Waals surface area contributed by atoms with Crippen LogP contribution in [0.25, 0.3) is 0 Å². The molecule has 0 saturated heterocycles. The van der Waals surface area contributed by atoms with Gasteiger partial charge in [0.25, 0.3) is 5.91 Å². The number of hydrogen-bond acceptors (Lipinski definition) is 5. The van der Waals surface area contributed by atoms with Gasteiger partial charge >= 0.3 is 5.97 Å². The van der Waals surface area contributed by atoms with Gasteiger partial charge in [0.2, 0.25) is 0 Å². The molecule has 0 aromatic heterocycles. The Morgan fingerprint density at radius 1 is 1.57 bits per heavy atom. The van der Waals surface area contributed by atoms with Crippen molar-refractivity contribution in [3.8, 4) is 12.3 Å². The van der Waals surface area contributed by atoms with Gasteiger partial charge in [0.15, 0.2) is 11.8 Å². The molecule has 3 atom stereocenters. The van der Waals surface area contributed by atoms with E-state index in [4.69, 9.17) is 6.42 Å². The lowest BCUT2D eigenvalue weighted by atomic mass is 10.1. The molecule has 2 N–H and O–H groups in total. The Labute approximate surface area is 122 Å². The van der Waals surface area contributed by atoms with Gasteiger partial charge in [-0.2, -0.15) is 0 Å². The Morgan fingerprint density at radius 2 is 2.24 bits per heavy atom. The quantitative estimate of drug-likeness (QED) is 0.422.